The van der Waals surface area contributed by atoms with Gasteiger partial charge in [0, 0.05) is 35.9 Å². The molecule has 1 aliphatic heterocycles. The summed E-state index contributed by atoms with van der Waals surface area (Å²) < 4.78 is 5.49. The van der Waals surface area contributed by atoms with Gasteiger partial charge in [-0.15, -0.1) is 0 Å². The lowest BCUT2D eigenvalue weighted by atomic mass is 9.86. The fraction of sp³-hybridized carbons (Fsp3) is 0.696. The highest BCUT2D eigenvalue weighted by Crippen LogP contribution is 2.28. The third kappa shape index (κ3) is 5.19. The molecule has 2 unspecified atom stereocenters. The third-order valence-electron chi connectivity index (χ3n) is 6.11. The van der Waals surface area contributed by atoms with Crippen LogP contribution in [0.25, 0.3) is 10.9 Å². The van der Waals surface area contributed by atoms with E-state index in [9.17, 15) is 0 Å². The molecule has 0 amide bonds. The first-order chi connectivity index (χ1) is 14.4. The van der Waals surface area contributed by atoms with E-state index in [1.54, 1.807) is 0 Å². The number of aromatic nitrogens is 3. The zero-order chi connectivity index (χ0) is 21.3. The molecule has 1 saturated heterocycles. The van der Waals surface area contributed by atoms with E-state index in [1.807, 2.05) is 6.20 Å². The van der Waals surface area contributed by atoms with Crippen molar-refractivity contribution in [1.29, 1.82) is 0 Å². The predicted octanol–water partition coefficient (Wildman–Crippen LogP) is 4.27. The Kier molecular flexibility index (Phi) is 6.39. The maximum Gasteiger partial charge on any atom is 0.223 e. The van der Waals surface area contributed by atoms with Crippen LogP contribution in [0.2, 0.25) is 0 Å². The summed E-state index contributed by atoms with van der Waals surface area (Å²) in [7, 11) is 0. The molecule has 0 radical (unpaired) electrons. The maximum atomic E-state index is 5.49. The molecule has 4 rings (SSSR count). The number of fused-ring (bicyclic) bond motifs is 1. The lowest BCUT2D eigenvalue weighted by Crippen LogP contribution is -2.37. The molecule has 0 bridgehead atoms. The predicted molar refractivity (Wildman–Crippen MR) is 122 cm³/mol. The first kappa shape index (κ1) is 21.2. The van der Waals surface area contributed by atoms with Gasteiger partial charge in [-0.1, -0.05) is 13.8 Å². The minimum Gasteiger partial charge on any atom is -0.366 e. The van der Waals surface area contributed by atoms with Crippen molar-refractivity contribution in [3.05, 3.63) is 18.0 Å². The van der Waals surface area contributed by atoms with Crippen molar-refractivity contribution in [2.45, 2.75) is 90.6 Å². The zero-order valence-electron chi connectivity index (χ0n) is 18.9. The normalized spacial score (nSPS) is 26.4. The Balaban J connectivity index is 1.39. The second kappa shape index (κ2) is 9.02. The van der Waals surface area contributed by atoms with E-state index in [0.717, 1.165) is 29.0 Å². The number of epoxide rings is 1. The molecule has 3 N–H and O–H groups in total. The molecule has 0 aromatic carbocycles. The topological polar surface area (TPSA) is 87.3 Å². The highest BCUT2D eigenvalue weighted by molar-refractivity contribution is 5.89. The van der Waals surface area contributed by atoms with Crippen molar-refractivity contribution in [2.75, 3.05) is 17.2 Å². The lowest BCUT2D eigenvalue weighted by Gasteiger charge is -2.29. The molecule has 7 nitrogen and oxygen atoms in total. The Bertz CT molecular complexity index is 862. The number of pyridine rings is 1. The lowest BCUT2D eigenvalue weighted by molar-refractivity contribution is 0.262. The number of ether oxygens (including phenoxy) is 1. The van der Waals surface area contributed by atoms with Gasteiger partial charge in [0.25, 0.3) is 0 Å². The van der Waals surface area contributed by atoms with E-state index in [0.29, 0.717) is 36.0 Å². The summed E-state index contributed by atoms with van der Waals surface area (Å²) in [5.41, 5.74) is 1.95. The second-order valence-electron chi connectivity index (χ2n) is 9.51. The van der Waals surface area contributed by atoms with Crippen LogP contribution in [0, 0.1) is 5.92 Å². The van der Waals surface area contributed by atoms with Crippen LogP contribution in [0.4, 0.5) is 11.8 Å². The zero-order valence-corrected chi connectivity index (χ0v) is 18.9. The summed E-state index contributed by atoms with van der Waals surface area (Å²) in [5.74, 6) is 2.56. The number of anilines is 2. The molecule has 164 valence electrons. The Morgan fingerprint density at radius 2 is 1.83 bits per heavy atom. The fourth-order valence-corrected chi connectivity index (χ4v) is 4.18. The van der Waals surface area contributed by atoms with Gasteiger partial charge in [-0.2, -0.15) is 0 Å². The molecular weight excluding hydrogens is 376 g/mol. The van der Waals surface area contributed by atoms with Crippen molar-refractivity contribution in [3.63, 3.8) is 0 Å². The minimum absolute atomic E-state index is 0.286. The summed E-state index contributed by atoms with van der Waals surface area (Å²) in [6.45, 7) is 11.6. The molecule has 2 aromatic heterocycles. The minimum atomic E-state index is 0.286. The van der Waals surface area contributed by atoms with Crippen molar-refractivity contribution >= 4 is 22.7 Å². The SMILES string of the molecule is CC(C)Nc1nc(C(C)C)cc2cnc(NCC3CCC(NC4OC4C)CC3)nc12. The number of hydrogen-bond acceptors (Lipinski definition) is 7. The van der Waals surface area contributed by atoms with Crippen LogP contribution in [0.3, 0.4) is 0 Å². The molecular formula is C23H36N6O. The average Bonchev–Trinajstić information content (AvgIpc) is 3.41. The Morgan fingerprint density at radius 3 is 2.47 bits per heavy atom. The average molecular weight is 413 g/mol. The van der Waals surface area contributed by atoms with Gasteiger partial charge in [0.05, 0.1) is 6.10 Å². The van der Waals surface area contributed by atoms with Gasteiger partial charge in [-0.3, -0.25) is 5.32 Å². The highest BCUT2D eigenvalue weighted by Gasteiger charge is 2.36. The van der Waals surface area contributed by atoms with E-state index in [2.05, 4.69) is 61.6 Å². The third-order valence-corrected chi connectivity index (χ3v) is 6.11. The van der Waals surface area contributed by atoms with Crippen LogP contribution in [-0.4, -0.2) is 45.9 Å². The van der Waals surface area contributed by atoms with Gasteiger partial charge in [0.15, 0.2) is 5.82 Å². The molecule has 2 atom stereocenters. The quantitative estimate of drug-likeness (QED) is 0.558. The fourth-order valence-electron chi connectivity index (χ4n) is 4.18. The van der Waals surface area contributed by atoms with E-state index in [-0.39, 0.29) is 6.23 Å². The largest absolute Gasteiger partial charge is 0.366 e. The Hall–Kier alpha value is -1.99. The highest BCUT2D eigenvalue weighted by atomic mass is 16.6. The van der Waals surface area contributed by atoms with Gasteiger partial charge in [-0.25, -0.2) is 15.0 Å². The number of rotatable bonds is 8. The second-order valence-corrected chi connectivity index (χ2v) is 9.51. The summed E-state index contributed by atoms with van der Waals surface area (Å²) >= 11 is 0. The van der Waals surface area contributed by atoms with Gasteiger partial charge >= 0.3 is 0 Å². The maximum absolute atomic E-state index is 5.49. The monoisotopic (exact) mass is 412 g/mol. The molecule has 2 fully saturated rings. The van der Waals surface area contributed by atoms with E-state index >= 15 is 0 Å². The standard InChI is InChI=1S/C23H36N6O/c1-13(2)19-10-17-12-25-23(29-20(17)21(28-19)26-14(3)4)24-11-16-6-8-18(9-7-16)27-22-15(5)30-22/h10,12-16,18,22,27H,6-9,11H2,1-5H3,(H,26,28)(H,24,25,29). The summed E-state index contributed by atoms with van der Waals surface area (Å²) in [4.78, 5) is 14.2. The molecule has 3 heterocycles. The summed E-state index contributed by atoms with van der Waals surface area (Å²) in [5, 5.41) is 11.6. The van der Waals surface area contributed by atoms with Gasteiger partial charge in [-0.05, 0) is 64.4 Å². The van der Waals surface area contributed by atoms with Crippen molar-refractivity contribution in [2.24, 2.45) is 5.92 Å². The molecule has 2 aliphatic rings. The Labute approximate surface area is 179 Å². The smallest absolute Gasteiger partial charge is 0.223 e. The number of nitrogens with zero attached hydrogens (tertiary/aromatic N) is 3. The first-order valence-electron chi connectivity index (χ1n) is 11.5. The van der Waals surface area contributed by atoms with Crippen LogP contribution in [-0.2, 0) is 4.74 Å². The van der Waals surface area contributed by atoms with Gasteiger partial charge in [0.1, 0.15) is 11.7 Å². The molecule has 0 spiro atoms. The van der Waals surface area contributed by atoms with Crippen molar-refractivity contribution in [1.82, 2.24) is 20.3 Å². The van der Waals surface area contributed by atoms with E-state index in [1.165, 1.54) is 25.7 Å². The summed E-state index contributed by atoms with van der Waals surface area (Å²) in [6.07, 6.45) is 7.45. The number of nitrogens with one attached hydrogen (secondary N) is 3. The van der Waals surface area contributed by atoms with Crippen LogP contribution >= 0.6 is 0 Å². The van der Waals surface area contributed by atoms with Crippen molar-refractivity contribution in [3.8, 4) is 0 Å². The van der Waals surface area contributed by atoms with Crippen LogP contribution in [0.5, 0.6) is 0 Å². The van der Waals surface area contributed by atoms with Crippen LogP contribution < -0.4 is 16.0 Å². The van der Waals surface area contributed by atoms with Crippen LogP contribution in [0.1, 0.15) is 71.9 Å². The van der Waals surface area contributed by atoms with Gasteiger partial charge in [0.2, 0.25) is 5.95 Å². The van der Waals surface area contributed by atoms with Gasteiger partial charge < -0.3 is 15.4 Å². The Morgan fingerprint density at radius 1 is 1.10 bits per heavy atom. The first-order valence-corrected chi connectivity index (χ1v) is 11.5. The summed E-state index contributed by atoms with van der Waals surface area (Å²) in [6, 6.07) is 3.00. The molecule has 1 aliphatic carbocycles. The van der Waals surface area contributed by atoms with E-state index < -0.39 is 0 Å². The van der Waals surface area contributed by atoms with Crippen LogP contribution in [0.15, 0.2) is 12.3 Å². The number of hydrogen-bond donors (Lipinski definition) is 3. The molecule has 2 aromatic rings. The molecule has 7 heteroatoms. The van der Waals surface area contributed by atoms with Crippen molar-refractivity contribution < 1.29 is 4.74 Å². The van der Waals surface area contributed by atoms with E-state index in [4.69, 9.17) is 14.7 Å². The molecule has 1 saturated carbocycles. The molecule has 30 heavy (non-hydrogen) atoms.